The highest BCUT2D eigenvalue weighted by atomic mass is 16.6. The van der Waals surface area contributed by atoms with Crippen LogP contribution in [-0.2, 0) is 0 Å². The smallest absolute Gasteiger partial charge is 0.269 e. The average Bonchev–Trinajstić information content (AvgIpc) is 2.47. The number of aromatic hydroxyl groups is 1. The maximum absolute atomic E-state index is 10.7. The molecule has 0 aliphatic carbocycles. The Morgan fingerprint density at radius 2 is 1.80 bits per heavy atom. The van der Waals surface area contributed by atoms with E-state index in [2.05, 4.69) is 4.98 Å². The minimum absolute atomic E-state index is 0.0233. The number of pyridine rings is 1. The third-order valence-electron chi connectivity index (χ3n) is 3.16. The van der Waals surface area contributed by atoms with Gasteiger partial charge in [-0.15, -0.1) is 0 Å². The van der Waals surface area contributed by atoms with Gasteiger partial charge in [0.2, 0.25) is 0 Å². The Labute approximate surface area is 114 Å². The number of rotatable bonds is 2. The van der Waals surface area contributed by atoms with Crippen LogP contribution < -0.4 is 0 Å². The highest BCUT2D eigenvalue weighted by Gasteiger charge is 2.11. The number of fused-ring (bicyclic) bond motifs is 1. The van der Waals surface area contributed by atoms with E-state index >= 15 is 0 Å². The van der Waals surface area contributed by atoms with Gasteiger partial charge in [0.25, 0.3) is 5.69 Å². The molecule has 0 aliphatic rings. The van der Waals surface area contributed by atoms with Gasteiger partial charge in [-0.2, -0.15) is 0 Å². The summed E-state index contributed by atoms with van der Waals surface area (Å²) in [6, 6.07) is 11.3. The van der Waals surface area contributed by atoms with Gasteiger partial charge in [0.1, 0.15) is 5.75 Å². The second kappa shape index (κ2) is 4.62. The van der Waals surface area contributed by atoms with E-state index in [1.807, 2.05) is 6.07 Å². The van der Waals surface area contributed by atoms with Crippen molar-refractivity contribution in [3.05, 3.63) is 65.0 Å². The summed E-state index contributed by atoms with van der Waals surface area (Å²) >= 11 is 0. The molecule has 0 fully saturated rings. The van der Waals surface area contributed by atoms with E-state index in [4.69, 9.17) is 0 Å². The Hall–Kier alpha value is -2.95. The van der Waals surface area contributed by atoms with Gasteiger partial charge in [0.15, 0.2) is 0 Å². The molecule has 3 rings (SSSR count). The molecule has 0 aliphatic heterocycles. The van der Waals surface area contributed by atoms with Crippen LogP contribution in [0.1, 0.15) is 0 Å². The fourth-order valence-corrected chi connectivity index (χ4v) is 2.21. The van der Waals surface area contributed by atoms with Gasteiger partial charge >= 0.3 is 0 Å². The lowest BCUT2D eigenvalue weighted by Crippen LogP contribution is -1.88. The van der Waals surface area contributed by atoms with Crippen molar-refractivity contribution < 1.29 is 10.0 Å². The van der Waals surface area contributed by atoms with Gasteiger partial charge < -0.3 is 5.11 Å². The Bertz CT molecular complexity index is 798. The molecule has 1 heterocycles. The summed E-state index contributed by atoms with van der Waals surface area (Å²) in [5, 5.41) is 22.5. The van der Waals surface area contributed by atoms with Crippen LogP contribution in [0.15, 0.2) is 54.9 Å². The lowest BCUT2D eigenvalue weighted by atomic mass is 9.98. The first kappa shape index (κ1) is 12.1. The van der Waals surface area contributed by atoms with Crippen LogP contribution in [-0.4, -0.2) is 15.0 Å². The van der Waals surface area contributed by atoms with Gasteiger partial charge in [-0.3, -0.25) is 15.1 Å². The predicted molar refractivity (Wildman–Crippen MR) is 75.5 cm³/mol. The average molecular weight is 266 g/mol. The van der Waals surface area contributed by atoms with E-state index in [0.717, 1.165) is 16.3 Å². The number of aromatic nitrogens is 1. The summed E-state index contributed by atoms with van der Waals surface area (Å²) in [5.41, 5.74) is 1.40. The SMILES string of the molecule is O=[N+]([O-])c1ccc(-c2c(O)ccc3cnccc23)cc1. The lowest BCUT2D eigenvalue weighted by Gasteiger charge is -2.09. The molecule has 0 saturated carbocycles. The molecule has 0 atom stereocenters. The first-order chi connectivity index (χ1) is 9.66. The molecule has 0 saturated heterocycles. The van der Waals surface area contributed by atoms with Crippen LogP contribution in [0.2, 0.25) is 0 Å². The van der Waals surface area contributed by atoms with E-state index in [1.165, 1.54) is 12.1 Å². The van der Waals surface area contributed by atoms with Gasteiger partial charge in [-0.25, -0.2) is 0 Å². The number of hydrogen-bond donors (Lipinski definition) is 1. The van der Waals surface area contributed by atoms with Crippen molar-refractivity contribution in [1.29, 1.82) is 0 Å². The van der Waals surface area contributed by atoms with E-state index in [-0.39, 0.29) is 11.4 Å². The van der Waals surface area contributed by atoms with Gasteiger partial charge in [-0.1, -0.05) is 0 Å². The summed E-state index contributed by atoms with van der Waals surface area (Å²) < 4.78 is 0. The predicted octanol–water partition coefficient (Wildman–Crippen LogP) is 3.52. The first-order valence-corrected chi connectivity index (χ1v) is 5.97. The normalized spacial score (nSPS) is 10.6. The van der Waals surface area contributed by atoms with Crippen molar-refractivity contribution >= 4 is 16.5 Å². The standard InChI is InChI=1S/C15H10N2O3/c18-14-6-3-11-9-16-8-7-13(11)15(14)10-1-4-12(5-2-10)17(19)20/h1-9,18H. The highest BCUT2D eigenvalue weighted by molar-refractivity contribution is 5.99. The summed E-state index contributed by atoms with van der Waals surface area (Å²) in [5.74, 6) is 0.137. The molecular weight excluding hydrogens is 256 g/mol. The zero-order valence-corrected chi connectivity index (χ0v) is 10.4. The summed E-state index contributed by atoms with van der Waals surface area (Å²) in [6.07, 6.45) is 3.36. The lowest BCUT2D eigenvalue weighted by molar-refractivity contribution is -0.384. The van der Waals surface area contributed by atoms with Gasteiger partial charge in [-0.05, 0) is 41.3 Å². The van der Waals surface area contributed by atoms with E-state index < -0.39 is 4.92 Å². The van der Waals surface area contributed by atoms with Crippen LogP contribution in [0, 0.1) is 10.1 Å². The van der Waals surface area contributed by atoms with Crippen LogP contribution in [0.25, 0.3) is 21.9 Å². The molecule has 1 aromatic heterocycles. The summed E-state index contributed by atoms with van der Waals surface area (Å²) in [6.45, 7) is 0. The van der Waals surface area contributed by atoms with Gasteiger partial charge in [0, 0.05) is 35.5 Å². The van der Waals surface area contributed by atoms with Crippen molar-refractivity contribution in [3.63, 3.8) is 0 Å². The molecule has 0 spiro atoms. The molecule has 0 amide bonds. The Balaban J connectivity index is 2.23. The maximum Gasteiger partial charge on any atom is 0.269 e. The number of benzene rings is 2. The van der Waals surface area contributed by atoms with Crippen LogP contribution in [0.5, 0.6) is 5.75 Å². The molecule has 0 unspecified atom stereocenters. The van der Waals surface area contributed by atoms with Crippen molar-refractivity contribution in [1.82, 2.24) is 4.98 Å². The number of nitrogens with zero attached hydrogens (tertiary/aromatic N) is 2. The van der Waals surface area contributed by atoms with Crippen molar-refractivity contribution in [2.75, 3.05) is 0 Å². The van der Waals surface area contributed by atoms with Crippen LogP contribution in [0.4, 0.5) is 5.69 Å². The number of non-ortho nitro benzene ring substituents is 1. The maximum atomic E-state index is 10.7. The minimum Gasteiger partial charge on any atom is -0.507 e. The molecular formula is C15H10N2O3. The molecule has 2 aromatic carbocycles. The number of nitro benzene ring substituents is 1. The molecule has 3 aromatic rings. The van der Waals surface area contributed by atoms with E-state index in [0.29, 0.717) is 5.56 Å². The summed E-state index contributed by atoms with van der Waals surface area (Å²) in [4.78, 5) is 14.3. The minimum atomic E-state index is -0.448. The fourth-order valence-electron chi connectivity index (χ4n) is 2.21. The topological polar surface area (TPSA) is 76.3 Å². The van der Waals surface area contributed by atoms with Crippen LogP contribution in [0.3, 0.4) is 0 Å². The molecule has 5 nitrogen and oxygen atoms in total. The molecule has 0 radical (unpaired) electrons. The Kier molecular flexibility index (Phi) is 2.80. The molecule has 0 bridgehead atoms. The number of nitro groups is 1. The quantitative estimate of drug-likeness (QED) is 0.568. The second-order valence-corrected chi connectivity index (χ2v) is 4.36. The highest BCUT2D eigenvalue weighted by Crippen LogP contribution is 2.36. The van der Waals surface area contributed by atoms with Crippen LogP contribution >= 0.6 is 0 Å². The molecule has 5 heteroatoms. The fraction of sp³-hybridized carbons (Fsp3) is 0. The molecule has 1 N–H and O–H groups in total. The van der Waals surface area contributed by atoms with Gasteiger partial charge in [0.05, 0.1) is 4.92 Å². The summed E-state index contributed by atoms with van der Waals surface area (Å²) in [7, 11) is 0. The van der Waals surface area contributed by atoms with Crippen molar-refractivity contribution in [2.45, 2.75) is 0 Å². The monoisotopic (exact) mass is 266 g/mol. The van der Waals surface area contributed by atoms with Crippen molar-refractivity contribution in [2.24, 2.45) is 0 Å². The third-order valence-corrected chi connectivity index (χ3v) is 3.16. The Morgan fingerprint density at radius 3 is 2.50 bits per heavy atom. The number of phenols is 1. The van der Waals surface area contributed by atoms with E-state index in [1.54, 1.807) is 36.7 Å². The largest absolute Gasteiger partial charge is 0.507 e. The van der Waals surface area contributed by atoms with E-state index in [9.17, 15) is 15.2 Å². The van der Waals surface area contributed by atoms with Crippen molar-refractivity contribution in [3.8, 4) is 16.9 Å². The zero-order chi connectivity index (χ0) is 14.1. The molecule has 20 heavy (non-hydrogen) atoms. The first-order valence-electron chi connectivity index (χ1n) is 5.97. The molecule has 98 valence electrons. The Morgan fingerprint density at radius 1 is 1.05 bits per heavy atom. The number of phenolic OH excluding ortho intramolecular Hbond substituents is 1. The second-order valence-electron chi connectivity index (χ2n) is 4.36. The third kappa shape index (κ3) is 1.95. The zero-order valence-electron chi connectivity index (χ0n) is 10.4. The number of hydrogen-bond acceptors (Lipinski definition) is 4.